The van der Waals surface area contributed by atoms with Crippen molar-refractivity contribution in [3.05, 3.63) is 60.7 Å². The van der Waals surface area contributed by atoms with Crippen molar-refractivity contribution in [1.29, 1.82) is 0 Å². The first-order chi connectivity index (χ1) is 8.79. The van der Waals surface area contributed by atoms with E-state index in [2.05, 4.69) is 0 Å². The summed E-state index contributed by atoms with van der Waals surface area (Å²) in [4.78, 5) is 0. The zero-order chi connectivity index (χ0) is 13.1. The first-order valence-electron chi connectivity index (χ1n) is 6.27. The number of rotatable bonds is 0. The van der Waals surface area contributed by atoms with E-state index in [0.29, 0.717) is 11.5 Å². The van der Waals surface area contributed by atoms with Gasteiger partial charge in [0.05, 0.1) is 0 Å². The van der Waals surface area contributed by atoms with Crippen LogP contribution in [0.1, 0.15) is 25.7 Å². The maximum Gasteiger partial charge on any atom is 0.115 e. The standard InChI is InChI=1S/2C6H6O.C4H8.ClH.H2S/c2*7-6-4-2-1-3-5-6;1-2-4-3-1;;/h2*1-5,7H;1-4H2;1H;1H2. The van der Waals surface area contributed by atoms with Crippen molar-refractivity contribution in [3.8, 4) is 11.5 Å². The van der Waals surface area contributed by atoms with Crippen LogP contribution in [0.5, 0.6) is 11.5 Å². The minimum absolute atomic E-state index is 0. The van der Waals surface area contributed by atoms with Gasteiger partial charge >= 0.3 is 0 Å². The molecule has 1 aliphatic carbocycles. The normalized spacial score (nSPS) is 10.8. The quantitative estimate of drug-likeness (QED) is 0.727. The Morgan fingerprint density at radius 2 is 0.800 bits per heavy atom. The van der Waals surface area contributed by atoms with Gasteiger partial charge < -0.3 is 10.2 Å². The van der Waals surface area contributed by atoms with Crippen LogP contribution in [0.3, 0.4) is 0 Å². The molecule has 0 aromatic heterocycles. The molecule has 2 aromatic rings. The largest absolute Gasteiger partial charge is 0.508 e. The molecule has 0 amide bonds. The average molecular weight is 315 g/mol. The molecule has 0 spiro atoms. The summed E-state index contributed by atoms with van der Waals surface area (Å²) in [5, 5.41) is 17.3. The molecule has 0 aliphatic heterocycles. The van der Waals surface area contributed by atoms with E-state index in [1.54, 1.807) is 48.5 Å². The van der Waals surface area contributed by atoms with E-state index < -0.39 is 0 Å². The second-order valence-electron chi connectivity index (χ2n) is 4.09. The summed E-state index contributed by atoms with van der Waals surface area (Å²) in [6, 6.07) is 17.4. The third-order valence-corrected chi connectivity index (χ3v) is 2.51. The highest BCUT2D eigenvalue weighted by Gasteiger charge is 1.95. The molecule has 1 aliphatic rings. The lowest BCUT2D eigenvalue weighted by atomic mass is 10.0. The third-order valence-electron chi connectivity index (χ3n) is 2.51. The molecule has 20 heavy (non-hydrogen) atoms. The van der Waals surface area contributed by atoms with Crippen LogP contribution in [0.15, 0.2) is 60.7 Å². The van der Waals surface area contributed by atoms with Crippen LogP contribution in [0, 0.1) is 0 Å². The Kier molecular flexibility index (Phi) is 14.8. The van der Waals surface area contributed by atoms with Crippen LogP contribution in [0.4, 0.5) is 0 Å². The summed E-state index contributed by atoms with van der Waals surface area (Å²) in [7, 11) is 0. The van der Waals surface area contributed by atoms with Gasteiger partial charge in [0.2, 0.25) is 0 Å². The summed E-state index contributed by atoms with van der Waals surface area (Å²) in [5.74, 6) is 0.644. The van der Waals surface area contributed by atoms with E-state index in [1.807, 2.05) is 12.1 Å². The van der Waals surface area contributed by atoms with E-state index in [9.17, 15) is 0 Å². The van der Waals surface area contributed by atoms with E-state index in [4.69, 9.17) is 10.2 Å². The Morgan fingerprint density at radius 1 is 0.550 bits per heavy atom. The van der Waals surface area contributed by atoms with Gasteiger partial charge in [0.15, 0.2) is 0 Å². The topological polar surface area (TPSA) is 40.5 Å². The maximum absolute atomic E-state index is 8.63. The first-order valence-corrected chi connectivity index (χ1v) is 6.27. The highest BCUT2D eigenvalue weighted by atomic mass is 35.5. The number of halogens is 1. The molecular formula is C16H23ClO2S. The number of phenolic OH excluding ortho intramolecular Hbond substituents is 2. The molecule has 3 rings (SSSR count). The van der Waals surface area contributed by atoms with Crippen LogP contribution in [-0.4, -0.2) is 10.2 Å². The monoisotopic (exact) mass is 314 g/mol. The number of hydrogen-bond acceptors (Lipinski definition) is 2. The van der Waals surface area contributed by atoms with Crippen LogP contribution in [0.2, 0.25) is 0 Å². The van der Waals surface area contributed by atoms with Crippen LogP contribution < -0.4 is 0 Å². The van der Waals surface area contributed by atoms with Crippen molar-refractivity contribution in [2.24, 2.45) is 0 Å². The molecule has 0 heterocycles. The lowest BCUT2D eigenvalue weighted by Crippen LogP contribution is -1.85. The van der Waals surface area contributed by atoms with Crippen molar-refractivity contribution in [2.45, 2.75) is 25.7 Å². The number of para-hydroxylation sites is 2. The fourth-order valence-corrected chi connectivity index (χ4v) is 1.11. The zero-order valence-electron chi connectivity index (χ0n) is 11.4. The first kappa shape index (κ1) is 21.0. The molecule has 112 valence electrons. The second kappa shape index (κ2) is 14.1. The SMILES string of the molecule is C1CCC1.Cl.Oc1ccccc1.Oc1ccccc1.S. The van der Waals surface area contributed by atoms with Gasteiger partial charge in [-0.05, 0) is 24.3 Å². The lowest BCUT2D eigenvalue weighted by molar-refractivity contribution is 0.475. The summed E-state index contributed by atoms with van der Waals surface area (Å²) in [6.45, 7) is 0. The summed E-state index contributed by atoms with van der Waals surface area (Å²) in [5.41, 5.74) is 0. The summed E-state index contributed by atoms with van der Waals surface area (Å²) < 4.78 is 0. The van der Waals surface area contributed by atoms with E-state index >= 15 is 0 Å². The van der Waals surface area contributed by atoms with Gasteiger partial charge in [-0.15, -0.1) is 12.4 Å². The Morgan fingerprint density at radius 3 is 0.900 bits per heavy atom. The highest BCUT2D eigenvalue weighted by Crippen LogP contribution is 2.15. The average Bonchev–Trinajstić information content (AvgIpc) is 2.29. The Labute approximate surface area is 134 Å². The minimum atomic E-state index is 0. The minimum Gasteiger partial charge on any atom is -0.508 e. The Hall–Kier alpha value is -1.32. The smallest absolute Gasteiger partial charge is 0.115 e. The molecule has 2 aromatic carbocycles. The zero-order valence-corrected chi connectivity index (χ0v) is 13.2. The molecule has 0 unspecified atom stereocenters. The molecule has 2 nitrogen and oxygen atoms in total. The van der Waals surface area contributed by atoms with Gasteiger partial charge in [-0.25, -0.2) is 0 Å². The molecule has 4 heteroatoms. The van der Waals surface area contributed by atoms with Gasteiger partial charge in [-0.3, -0.25) is 0 Å². The summed E-state index contributed by atoms with van der Waals surface area (Å²) >= 11 is 0. The van der Waals surface area contributed by atoms with E-state index in [1.165, 1.54) is 25.7 Å². The number of aromatic hydroxyl groups is 2. The van der Waals surface area contributed by atoms with Crippen molar-refractivity contribution in [2.75, 3.05) is 0 Å². The number of hydrogen-bond donors (Lipinski definition) is 2. The lowest BCUT2D eigenvalue weighted by Gasteiger charge is -2.05. The predicted octanol–water partition coefficient (Wildman–Crippen LogP) is 4.88. The van der Waals surface area contributed by atoms with Crippen molar-refractivity contribution >= 4 is 25.9 Å². The maximum atomic E-state index is 8.63. The van der Waals surface area contributed by atoms with Crippen molar-refractivity contribution in [1.82, 2.24) is 0 Å². The van der Waals surface area contributed by atoms with E-state index in [-0.39, 0.29) is 25.9 Å². The molecule has 0 bridgehead atoms. The van der Waals surface area contributed by atoms with Crippen LogP contribution in [0.25, 0.3) is 0 Å². The van der Waals surface area contributed by atoms with Crippen molar-refractivity contribution in [3.63, 3.8) is 0 Å². The number of benzene rings is 2. The van der Waals surface area contributed by atoms with Crippen LogP contribution >= 0.6 is 25.9 Å². The highest BCUT2D eigenvalue weighted by molar-refractivity contribution is 7.59. The van der Waals surface area contributed by atoms with E-state index in [0.717, 1.165) is 0 Å². The van der Waals surface area contributed by atoms with Gasteiger partial charge in [0.25, 0.3) is 0 Å². The van der Waals surface area contributed by atoms with Crippen LogP contribution in [-0.2, 0) is 0 Å². The summed E-state index contributed by atoms with van der Waals surface area (Å²) in [6.07, 6.45) is 6.00. The Bertz CT molecular complexity index is 364. The molecule has 2 N–H and O–H groups in total. The van der Waals surface area contributed by atoms with Gasteiger partial charge in [-0.1, -0.05) is 62.1 Å². The molecule has 0 saturated heterocycles. The molecular weight excluding hydrogens is 292 g/mol. The molecule has 0 radical (unpaired) electrons. The Balaban J connectivity index is 0. The van der Waals surface area contributed by atoms with Gasteiger partial charge in [0.1, 0.15) is 11.5 Å². The molecule has 1 fully saturated rings. The number of phenols is 2. The fourth-order valence-electron chi connectivity index (χ4n) is 1.11. The molecule has 1 saturated carbocycles. The predicted molar refractivity (Wildman–Crippen MR) is 92.3 cm³/mol. The second-order valence-corrected chi connectivity index (χ2v) is 4.09. The van der Waals surface area contributed by atoms with Gasteiger partial charge in [0, 0.05) is 0 Å². The molecule has 0 atom stereocenters. The fraction of sp³-hybridized carbons (Fsp3) is 0.250. The van der Waals surface area contributed by atoms with Crippen molar-refractivity contribution < 1.29 is 10.2 Å². The van der Waals surface area contributed by atoms with Gasteiger partial charge in [-0.2, -0.15) is 13.5 Å². The third kappa shape index (κ3) is 11.8.